The Hall–Kier alpha value is -3.20. The minimum Gasteiger partial charge on any atom is -0.369 e. The maximum absolute atomic E-state index is 12.1. The maximum Gasteiger partial charge on any atom is 0.276 e. The van der Waals surface area contributed by atoms with Gasteiger partial charge in [0.05, 0.1) is 35.9 Å². The summed E-state index contributed by atoms with van der Waals surface area (Å²) >= 11 is 6.11. The Balaban J connectivity index is 1.50. The maximum atomic E-state index is 12.1. The number of hydrogen-bond donors (Lipinski definition) is 3. The summed E-state index contributed by atoms with van der Waals surface area (Å²) in [6.45, 7) is 2.00. The van der Waals surface area contributed by atoms with Gasteiger partial charge in [0, 0.05) is 5.02 Å². The number of carbonyl (C=O) groups excluding carboxylic acids is 1. The van der Waals surface area contributed by atoms with Crippen LogP contribution in [0.1, 0.15) is 26.2 Å². The molecule has 0 spiro atoms. The van der Waals surface area contributed by atoms with Crippen LogP contribution in [-0.2, 0) is 4.79 Å². The third-order valence-electron chi connectivity index (χ3n) is 5.19. The lowest BCUT2D eigenvalue weighted by Gasteiger charge is -2.33. The van der Waals surface area contributed by atoms with Crippen molar-refractivity contribution in [3.8, 4) is 0 Å². The summed E-state index contributed by atoms with van der Waals surface area (Å²) < 4.78 is 0. The normalized spacial score (nSPS) is 29.7. The summed E-state index contributed by atoms with van der Waals surface area (Å²) in [5, 5.41) is 5.05. The molecule has 5 rings (SSSR count). The van der Waals surface area contributed by atoms with Gasteiger partial charge in [-0.3, -0.25) is 30.5 Å². The van der Waals surface area contributed by atoms with E-state index in [0.29, 0.717) is 17.5 Å². The Morgan fingerprint density at radius 3 is 2.90 bits per heavy atom. The molecule has 10 heteroatoms. The van der Waals surface area contributed by atoms with Gasteiger partial charge in [0.1, 0.15) is 11.5 Å². The summed E-state index contributed by atoms with van der Waals surface area (Å²) in [7, 11) is 0. The van der Waals surface area contributed by atoms with Gasteiger partial charge in [0.25, 0.3) is 5.91 Å². The molecule has 2 atom stereocenters. The third-order valence-corrected chi connectivity index (χ3v) is 5.43. The number of benzene rings is 1. The third kappa shape index (κ3) is 3.68. The number of amidine groups is 2. The highest BCUT2D eigenvalue weighted by Crippen LogP contribution is 2.29. The number of aliphatic imine (C=N–C) groups is 4. The quantitative estimate of drug-likeness (QED) is 0.639. The molecule has 1 saturated heterocycles. The Morgan fingerprint density at radius 1 is 1.37 bits per heavy atom. The molecule has 1 aromatic rings. The molecule has 4 N–H and O–H groups in total. The summed E-state index contributed by atoms with van der Waals surface area (Å²) in [5.74, 6) is 1.32. The second-order valence-electron chi connectivity index (χ2n) is 7.69. The Morgan fingerprint density at radius 2 is 2.20 bits per heavy atom. The number of rotatable bonds is 3. The molecule has 3 aliphatic heterocycles. The molecular weight excluding hydrogens is 404 g/mol. The number of fused-ring (bicyclic) bond motifs is 1. The van der Waals surface area contributed by atoms with Crippen molar-refractivity contribution in [3.05, 3.63) is 41.1 Å². The lowest BCUT2D eigenvalue weighted by Crippen LogP contribution is -2.57. The number of guanidine groups is 1. The average Bonchev–Trinajstić information content (AvgIpc) is 3.37. The number of hydrogen-bond acceptors (Lipinski definition) is 7. The molecule has 2 unspecified atom stereocenters. The molecule has 1 aromatic carbocycles. The standard InChI is InChI=1S/C20H21ClN8O/c1-10-16(8-15-19(30)27-20(22)26-15)29-18(23-10)14(24-12-5-6-12)9-17(28-29)25-13-4-2-3-11(21)7-13/h2-4,7-8,10,12,16H,5-6,9H2,1H3,(H,25,28)(H3,22,26,27,30)/b15-8-,24-14?. The molecule has 2 fully saturated rings. The Bertz CT molecular complexity index is 1070. The second-order valence-corrected chi connectivity index (χ2v) is 8.13. The van der Waals surface area contributed by atoms with E-state index < -0.39 is 0 Å². The van der Waals surface area contributed by atoms with E-state index in [1.165, 1.54) is 0 Å². The molecule has 0 radical (unpaired) electrons. The van der Waals surface area contributed by atoms with Crippen molar-refractivity contribution in [2.45, 2.75) is 44.3 Å². The summed E-state index contributed by atoms with van der Waals surface area (Å²) in [6.07, 6.45) is 4.53. The number of amides is 1. The summed E-state index contributed by atoms with van der Waals surface area (Å²) in [5.41, 5.74) is 10.9. The van der Waals surface area contributed by atoms with Crippen LogP contribution in [-0.4, -0.2) is 52.4 Å². The van der Waals surface area contributed by atoms with Crippen LogP contribution in [0, 0.1) is 0 Å². The first-order valence-corrected chi connectivity index (χ1v) is 10.3. The van der Waals surface area contributed by atoms with Gasteiger partial charge in [-0.2, -0.15) is 0 Å². The molecule has 30 heavy (non-hydrogen) atoms. The van der Waals surface area contributed by atoms with Crippen molar-refractivity contribution in [1.29, 1.82) is 0 Å². The van der Waals surface area contributed by atoms with Gasteiger partial charge >= 0.3 is 0 Å². The van der Waals surface area contributed by atoms with Crippen molar-refractivity contribution >= 4 is 46.5 Å². The zero-order valence-corrected chi connectivity index (χ0v) is 17.1. The first-order chi connectivity index (χ1) is 14.5. The Labute approximate surface area is 178 Å². The number of carbonyl (C=O) groups is 1. The minimum absolute atomic E-state index is 0.0975. The zero-order valence-electron chi connectivity index (χ0n) is 16.3. The number of nitrogens with one attached hydrogen (secondary N) is 2. The van der Waals surface area contributed by atoms with Gasteiger partial charge in [-0.15, -0.1) is 0 Å². The van der Waals surface area contributed by atoms with Crippen LogP contribution in [0.15, 0.2) is 56.0 Å². The molecule has 1 amide bonds. The molecule has 9 nitrogen and oxygen atoms in total. The van der Waals surface area contributed by atoms with E-state index in [1.54, 1.807) is 6.08 Å². The first kappa shape index (κ1) is 18.8. The second kappa shape index (κ2) is 7.24. The minimum atomic E-state index is -0.315. The van der Waals surface area contributed by atoms with Crippen LogP contribution in [0.3, 0.4) is 0 Å². The Kier molecular flexibility index (Phi) is 4.54. The van der Waals surface area contributed by atoms with E-state index in [9.17, 15) is 4.79 Å². The van der Waals surface area contributed by atoms with Crippen LogP contribution in [0.2, 0.25) is 5.02 Å². The smallest absolute Gasteiger partial charge is 0.276 e. The van der Waals surface area contributed by atoms with E-state index >= 15 is 0 Å². The van der Waals surface area contributed by atoms with E-state index in [4.69, 9.17) is 32.3 Å². The number of halogens is 1. The molecule has 154 valence electrons. The van der Waals surface area contributed by atoms with Gasteiger partial charge in [-0.05, 0) is 44.0 Å². The zero-order chi connectivity index (χ0) is 20.8. The van der Waals surface area contributed by atoms with E-state index in [1.807, 2.05) is 36.2 Å². The van der Waals surface area contributed by atoms with Crippen molar-refractivity contribution < 1.29 is 4.79 Å². The van der Waals surface area contributed by atoms with Gasteiger partial charge in [-0.25, -0.2) is 9.98 Å². The fraction of sp³-hybridized carbons (Fsp3) is 0.350. The highest BCUT2D eigenvalue weighted by atomic mass is 35.5. The lowest BCUT2D eigenvalue weighted by atomic mass is 10.1. The van der Waals surface area contributed by atoms with Gasteiger partial charge in [0.2, 0.25) is 5.96 Å². The molecule has 1 aliphatic carbocycles. The highest BCUT2D eigenvalue weighted by molar-refractivity contribution is 6.46. The number of hydrazine groups is 1. The van der Waals surface area contributed by atoms with Crippen molar-refractivity contribution in [2.24, 2.45) is 25.7 Å². The van der Waals surface area contributed by atoms with Crippen LogP contribution in [0.25, 0.3) is 0 Å². The lowest BCUT2D eigenvalue weighted by molar-refractivity contribution is -0.115. The largest absolute Gasteiger partial charge is 0.369 e. The first-order valence-electron chi connectivity index (χ1n) is 9.87. The molecule has 3 heterocycles. The van der Waals surface area contributed by atoms with Crippen molar-refractivity contribution in [3.63, 3.8) is 0 Å². The van der Waals surface area contributed by atoms with Gasteiger partial charge < -0.3 is 5.73 Å². The molecule has 1 saturated carbocycles. The summed E-state index contributed by atoms with van der Waals surface area (Å²) in [4.78, 5) is 30.6. The van der Waals surface area contributed by atoms with Gasteiger partial charge in [0.15, 0.2) is 5.84 Å². The molecule has 0 bridgehead atoms. The predicted octanol–water partition coefficient (Wildman–Crippen LogP) is 1.68. The highest BCUT2D eigenvalue weighted by Gasteiger charge is 2.40. The number of nitrogens with two attached hydrogens (primary N) is 1. The topological polar surface area (TPSA) is 120 Å². The fourth-order valence-corrected chi connectivity index (χ4v) is 3.80. The van der Waals surface area contributed by atoms with Crippen LogP contribution in [0.4, 0.5) is 5.69 Å². The van der Waals surface area contributed by atoms with Crippen LogP contribution >= 0.6 is 11.6 Å². The summed E-state index contributed by atoms with van der Waals surface area (Å²) in [6, 6.07) is 7.41. The average molecular weight is 425 g/mol. The SMILES string of the molecule is CC1N=C2C(=NC3CC3)CC(=Nc3cccc(Cl)c3)NN2C1/C=C1\N=C(N)NC1=O. The van der Waals surface area contributed by atoms with E-state index in [0.717, 1.165) is 35.9 Å². The van der Waals surface area contributed by atoms with Crippen LogP contribution < -0.4 is 16.5 Å². The van der Waals surface area contributed by atoms with Crippen molar-refractivity contribution in [1.82, 2.24) is 15.8 Å². The molecule has 0 aromatic heterocycles. The molecular formula is C20H21ClN8O. The van der Waals surface area contributed by atoms with E-state index in [2.05, 4.69) is 15.7 Å². The van der Waals surface area contributed by atoms with Crippen LogP contribution in [0.5, 0.6) is 0 Å². The van der Waals surface area contributed by atoms with Gasteiger partial charge in [-0.1, -0.05) is 17.7 Å². The van der Waals surface area contributed by atoms with E-state index in [-0.39, 0.29) is 29.6 Å². The molecule has 4 aliphatic rings. The monoisotopic (exact) mass is 424 g/mol. The number of nitrogens with zero attached hydrogens (tertiary/aromatic N) is 5. The van der Waals surface area contributed by atoms with Crippen molar-refractivity contribution in [2.75, 3.05) is 0 Å². The fourth-order valence-electron chi connectivity index (χ4n) is 3.62. The predicted molar refractivity (Wildman–Crippen MR) is 117 cm³/mol.